The lowest BCUT2D eigenvalue weighted by molar-refractivity contribution is 0.0565. The number of rotatable bonds is 6. The molecule has 1 N–H and O–H groups in total. The van der Waals surface area contributed by atoms with Crippen molar-refractivity contribution >= 4 is 0 Å². The average molecular weight is 242 g/mol. The van der Waals surface area contributed by atoms with E-state index in [2.05, 4.69) is 10.1 Å². The van der Waals surface area contributed by atoms with Crippen molar-refractivity contribution in [2.75, 3.05) is 13.2 Å². The zero-order valence-electron chi connectivity index (χ0n) is 11.1. The number of aliphatic hydroxyl groups is 1. The highest BCUT2D eigenvalue weighted by Gasteiger charge is 2.24. The summed E-state index contributed by atoms with van der Waals surface area (Å²) in [5.41, 5.74) is -0.181. The first-order chi connectivity index (χ1) is 7.93. The summed E-state index contributed by atoms with van der Waals surface area (Å²) in [6.07, 6.45) is 0.552. The van der Waals surface area contributed by atoms with Crippen LogP contribution in [0.1, 0.15) is 39.4 Å². The Hall–Kier alpha value is -0.940. The van der Waals surface area contributed by atoms with Crippen molar-refractivity contribution in [2.24, 2.45) is 5.41 Å². The van der Waals surface area contributed by atoms with Gasteiger partial charge in [-0.25, -0.2) is 0 Å². The van der Waals surface area contributed by atoms with E-state index >= 15 is 0 Å². The van der Waals surface area contributed by atoms with Crippen LogP contribution >= 0.6 is 0 Å². The van der Waals surface area contributed by atoms with Gasteiger partial charge < -0.3 is 14.4 Å². The van der Waals surface area contributed by atoms with E-state index in [0.717, 1.165) is 0 Å². The normalized spacial score (nSPS) is 13.9. The van der Waals surface area contributed by atoms with Crippen LogP contribution in [0.25, 0.3) is 0 Å². The Balaban J connectivity index is 2.45. The second-order valence-electron chi connectivity index (χ2n) is 5.14. The Morgan fingerprint density at radius 2 is 2.12 bits per heavy atom. The molecular formula is C12H22N2O3. The minimum Gasteiger partial charge on any atom is -0.392 e. The summed E-state index contributed by atoms with van der Waals surface area (Å²) in [6.45, 7) is 9.16. The molecule has 0 aliphatic carbocycles. The maximum atomic E-state index is 9.91. The first-order valence-electron chi connectivity index (χ1n) is 6.00. The number of hydrogen-bond acceptors (Lipinski definition) is 5. The van der Waals surface area contributed by atoms with Crippen molar-refractivity contribution in [3.63, 3.8) is 0 Å². The molecule has 0 saturated heterocycles. The third-order valence-corrected chi connectivity index (χ3v) is 2.55. The molecule has 17 heavy (non-hydrogen) atoms. The highest BCUT2D eigenvalue weighted by molar-refractivity contribution is 4.90. The van der Waals surface area contributed by atoms with E-state index in [-0.39, 0.29) is 5.41 Å². The van der Waals surface area contributed by atoms with Crippen molar-refractivity contribution in [3.8, 4) is 0 Å². The molecule has 98 valence electrons. The van der Waals surface area contributed by atoms with Crippen molar-refractivity contribution < 1.29 is 14.4 Å². The van der Waals surface area contributed by atoms with Crippen LogP contribution in [-0.2, 0) is 17.6 Å². The first kappa shape index (κ1) is 14.1. The molecular weight excluding hydrogens is 220 g/mol. The topological polar surface area (TPSA) is 68.4 Å². The maximum Gasteiger partial charge on any atom is 0.229 e. The zero-order valence-corrected chi connectivity index (χ0v) is 11.1. The van der Waals surface area contributed by atoms with E-state index in [1.165, 1.54) is 0 Å². The predicted octanol–water partition coefficient (Wildman–Crippen LogP) is 1.60. The van der Waals surface area contributed by atoms with Crippen molar-refractivity contribution in [3.05, 3.63) is 11.7 Å². The summed E-state index contributed by atoms with van der Waals surface area (Å²) in [7, 11) is 0. The van der Waals surface area contributed by atoms with Gasteiger partial charge in [0.15, 0.2) is 5.82 Å². The van der Waals surface area contributed by atoms with E-state index in [9.17, 15) is 5.11 Å². The van der Waals surface area contributed by atoms with Crippen LogP contribution < -0.4 is 0 Å². The quantitative estimate of drug-likeness (QED) is 0.767. The lowest BCUT2D eigenvalue weighted by Crippen LogP contribution is -2.28. The number of aliphatic hydroxyl groups excluding tert-OH is 1. The SMILES string of the molecule is CCOCCc1noc(CC(O)C(C)(C)C)n1. The van der Waals surface area contributed by atoms with Gasteiger partial charge in [-0.15, -0.1) is 0 Å². The molecule has 0 aliphatic heterocycles. The van der Waals surface area contributed by atoms with Gasteiger partial charge in [0.1, 0.15) is 0 Å². The maximum absolute atomic E-state index is 9.91. The monoisotopic (exact) mass is 242 g/mol. The average Bonchev–Trinajstić information content (AvgIpc) is 2.65. The number of nitrogens with zero attached hydrogens (tertiary/aromatic N) is 2. The highest BCUT2D eigenvalue weighted by Crippen LogP contribution is 2.21. The van der Waals surface area contributed by atoms with Crippen molar-refractivity contribution in [1.29, 1.82) is 0 Å². The summed E-state index contributed by atoms with van der Waals surface area (Å²) in [5.74, 6) is 1.12. The number of hydrogen-bond donors (Lipinski definition) is 1. The lowest BCUT2D eigenvalue weighted by atomic mass is 9.87. The Labute approximate surface area is 102 Å². The molecule has 0 saturated carbocycles. The smallest absolute Gasteiger partial charge is 0.229 e. The molecule has 0 amide bonds. The molecule has 1 aromatic rings. The molecule has 0 fully saturated rings. The highest BCUT2D eigenvalue weighted by atomic mass is 16.5. The van der Waals surface area contributed by atoms with Gasteiger partial charge in [-0.1, -0.05) is 25.9 Å². The van der Waals surface area contributed by atoms with Gasteiger partial charge >= 0.3 is 0 Å². The summed E-state index contributed by atoms with van der Waals surface area (Å²) in [4.78, 5) is 4.22. The van der Waals surface area contributed by atoms with Crippen molar-refractivity contribution in [2.45, 2.75) is 46.6 Å². The van der Waals surface area contributed by atoms with Gasteiger partial charge in [0.05, 0.1) is 19.1 Å². The van der Waals surface area contributed by atoms with Gasteiger partial charge in [0, 0.05) is 13.0 Å². The largest absolute Gasteiger partial charge is 0.392 e. The molecule has 0 bridgehead atoms. The fourth-order valence-corrected chi connectivity index (χ4v) is 1.25. The predicted molar refractivity (Wildman–Crippen MR) is 63.7 cm³/mol. The van der Waals surface area contributed by atoms with E-state index in [0.29, 0.717) is 37.8 Å². The minimum absolute atomic E-state index is 0.181. The van der Waals surface area contributed by atoms with Gasteiger partial charge in [-0.2, -0.15) is 4.98 Å². The molecule has 0 aliphatic rings. The molecule has 1 atom stereocenters. The lowest BCUT2D eigenvalue weighted by Gasteiger charge is -2.24. The second kappa shape index (κ2) is 6.12. The molecule has 0 aromatic carbocycles. The minimum atomic E-state index is -0.484. The van der Waals surface area contributed by atoms with Crippen molar-refractivity contribution in [1.82, 2.24) is 10.1 Å². The molecule has 5 heteroatoms. The second-order valence-corrected chi connectivity index (χ2v) is 5.14. The Kier molecular flexibility index (Phi) is 5.08. The molecule has 1 rings (SSSR count). The summed E-state index contributed by atoms with van der Waals surface area (Å²) in [6, 6.07) is 0. The van der Waals surface area contributed by atoms with Crippen LogP contribution in [0.15, 0.2) is 4.52 Å². The molecule has 1 aromatic heterocycles. The first-order valence-corrected chi connectivity index (χ1v) is 6.00. The van der Waals surface area contributed by atoms with Crippen LogP contribution in [0.5, 0.6) is 0 Å². The summed E-state index contributed by atoms with van der Waals surface area (Å²) >= 11 is 0. The number of aromatic nitrogens is 2. The molecule has 5 nitrogen and oxygen atoms in total. The fraction of sp³-hybridized carbons (Fsp3) is 0.833. The summed E-state index contributed by atoms with van der Waals surface area (Å²) < 4.78 is 10.3. The van der Waals surface area contributed by atoms with Gasteiger partial charge in [0.25, 0.3) is 0 Å². The Morgan fingerprint density at radius 3 is 2.71 bits per heavy atom. The Bertz CT molecular complexity index is 331. The van der Waals surface area contributed by atoms with Crippen LogP contribution in [0.2, 0.25) is 0 Å². The van der Waals surface area contributed by atoms with Crippen LogP contribution in [0.4, 0.5) is 0 Å². The Morgan fingerprint density at radius 1 is 1.41 bits per heavy atom. The molecule has 1 unspecified atom stereocenters. The van der Waals surface area contributed by atoms with Gasteiger partial charge in [0.2, 0.25) is 5.89 Å². The third kappa shape index (κ3) is 4.83. The van der Waals surface area contributed by atoms with Gasteiger partial charge in [-0.3, -0.25) is 0 Å². The van der Waals surface area contributed by atoms with Crippen LogP contribution in [-0.4, -0.2) is 34.6 Å². The van der Waals surface area contributed by atoms with Gasteiger partial charge in [-0.05, 0) is 12.3 Å². The zero-order chi connectivity index (χ0) is 12.9. The molecule has 0 spiro atoms. The van der Waals surface area contributed by atoms with E-state index < -0.39 is 6.10 Å². The fourth-order valence-electron chi connectivity index (χ4n) is 1.25. The molecule has 1 heterocycles. The standard InChI is InChI=1S/C12H22N2O3/c1-5-16-7-6-10-13-11(17-14-10)8-9(15)12(2,3)4/h9,15H,5-8H2,1-4H3. The van der Waals surface area contributed by atoms with Crippen LogP contribution in [0, 0.1) is 5.41 Å². The van der Waals surface area contributed by atoms with E-state index in [4.69, 9.17) is 9.26 Å². The molecule has 0 radical (unpaired) electrons. The summed E-state index contributed by atoms with van der Waals surface area (Å²) in [5, 5.41) is 13.8. The van der Waals surface area contributed by atoms with Crippen LogP contribution in [0.3, 0.4) is 0 Å². The third-order valence-electron chi connectivity index (χ3n) is 2.55. The van der Waals surface area contributed by atoms with E-state index in [1.807, 2.05) is 27.7 Å². The number of ether oxygens (including phenoxy) is 1. The van der Waals surface area contributed by atoms with E-state index in [1.54, 1.807) is 0 Å².